The van der Waals surface area contributed by atoms with Gasteiger partial charge in [-0.1, -0.05) is 20.8 Å². The number of allylic oxidation sites excluding steroid dienone is 1. The first-order valence-corrected chi connectivity index (χ1v) is 3.40. The van der Waals surface area contributed by atoms with Crippen molar-refractivity contribution >= 4 is 6.21 Å². The van der Waals surface area contributed by atoms with Crippen LogP contribution in [-0.4, -0.2) is 6.21 Å². The van der Waals surface area contributed by atoms with E-state index in [4.69, 9.17) is 0 Å². The number of hydrogen-bond donors (Lipinski definition) is 0. The Bertz CT molecular complexity index is 163. The molecule has 0 aliphatic carbocycles. The van der Waals surface area contributed by atoms with E-state index in [-0.39, 0.29) is 5.41 Å². The highest BCUT2D eigenvalue weighted by atomic mass is 14.7. The summed E-state index contributed by atoms with van der Waals surface area (Å²) in [6.07, 6.45) is 5.10. The molecule has 0 aromatic rings. The van der Waals surface area contributed by atoms with Gasteiger partial charge in [-0.05, 0) is 12.0 Å². The van der Waals surface area contributed by atoms with Gasteiger partial charge in [0.1, 0.15) is 0 Å². The summed E-state index contributed by atoms with van der Waals surface area (Å²) in [5.41, 5.74) is 1.66. The third kappa shape index (κ3) is 1.04. The molecule has 1 aliphatic rings. The first-order chi connectivity index (χ1) is 4.17. The van der Waals surface area contributed by atoms with Gasteiger partial charge in [-0.25, -0.2) is 0 Å². The number of aliphatic imine (C=N–C) groups is 1. The van der Waals surface area contributed by atoms with Crippen molar-refractivity contribution in [1.82, 2.24) is 0 Å². The van der Waals surface area contributed by atoms with E-state index >= 15 is 0 Å². The Morgan fingerprint density at radius 2 is 2.22 bits per heavy atom. The van der Waals surface area contributed by atoms with E-state index in [9.17, 15) is 0 Å². The van der Waals surface area contributed by atoms with Crippen LogP contribution >= 0.6 is 0 Å². The molecular weight excluding hydrogens is 110 g/mol. The third-order valence-electron chi connectivity index (χ3n) is 1.84. The van der Waals surface area contributed by atoms with Crippen molar-refractivity contribution in [2.45, 2.75) is 27.2 Å². The van der Waals surface area contributed by atoms with Crippen molar-refractivity contribution in [1.29, 1.82) is 0 Å². The fourth-order valence-corrected chi connectivity index (χ4v) is 1.11. The van der Waals surface area contributed by atoms with Gasteiger partial charge in [0.05, 0.1) is 0 Å². The fourth-order valence-electron chi connectivity index (χ4n) is 1.11. The van der Waals surface area contributed by atoms with Gasteiger partial charge in [0.15, 0.2) is 0 Å². The molecule has 1 aliphatic heterocycles. The van der Waals surface area contributed by atoms with Crippen LogP contribution in [0.25, 0.3) is 0 Å². The molecule has 1 rings (SSSR count). The average molecular weight is 123 g/mol. The van der Waals surface area contributed by atoms with Crippen molar-refractivity contribution in [2.75, 3.05) is 0 Å². The molecule has 1 heteroatoms. The predicted molar refractivity (Wildman–Crippen MR) is 40.6 cm³/mol. The van der Waals surface area contributed by atoms with Gasteiger partial charge in [-0.15, -0.1) is 0 Å². The summed E-state index contributed by atoms with van der Waals surface area (Å²) in [5.74, 6) is 0. The maximum absolute atomic E-state index is 4.10. The minimum absolute atomic E-state index is 0.231. The summed E-state index contributed by atoms with van der Waals surface area (Å²) in [6, 6.07) is 0. The Morgan fingerprint density at radius 1 is 1.56 bits per heavy atom. The van der Waals surface area contributed by atoms with Crippen LogP contribution in [-0.2, 0) is 0 Å². The van der Waals surface area contributed by atoms with Crippen molar-refractivity contribution in [3.63, 3.8) is 0 Å². The fraction of sp³-hybridized carbons (Fsp3) is 0.625. The molecule has 1 heterocycles. The highest BCUT2D eigenvalue weighted by molar-refractivity contribution is 5.73. The quantitative estimate of drug-likeness (QED) is 0.507. The van der Waals surface area contributed by atoms with Crippen LogP contribution in [0, 0.1) is 5.41 Å². The first kappa shape index (κ1) is 6.53. The Kier molecular flexibility index (Phi) is 1.43. The van der Waals surface area contributed by atoms with E-state index < -0.39 is 0 Å². The molecule has 0 aromatic carbocycles. The lowest BCUT2D eigenvalue weighted by Gasteiger charge is -2.16. The molecule has 50 valence electrons. The molecule has 0 spiro atoms. The molecule has 0 aromatic heterocycles. The minimum Gasteiger partial charge on any atom is -0.268 e. The summed E-state index contributed by atoms with van der Waals surface area (Å²) in [4.78, 5) is 4.10. The second-order valence-corrected chi connectivity index (χ2v) is 3.01. The normalized spacial score (nSPS) is 22.3. The van der Waals surface area contributed by atoms with Gasteiger partial charge in [-0.3, -0.25) is 4.99 Å². The summed E-state index contributed by atoms with van der Waals surface area (Å²) < 4.78 is 0. The Hall–Kier alpha value is -0.590. The standard InChI is InChI=1S/C8H13N/c1-4-7-5-9-6-8(7,2)3/h5-6H,4H2,1-3H3. The molecule has 9 heavy (non-hydrogen) atoms. The summed E-state index contributed by atoms with van der Waals surface area (Å²) in [7, 11) is 0. The van der Waals surface area contributed by atoms with Gasteiger partial charge >= 0.3 is 0 Å². The number of nitrogens with zero attached hydrogens (tertiary/aromatic N) is 1. The van der Waals surface area contributed by atoms with E-state index in [0.29, 0.717) is 0 Å². The maximum atomic E-state index is 4.10. The van der Waals surface area contributed by atoms with E-state index in [1.807, 2.05) is 12.4 Å². The second kappa shape index (κ2) is 1.98. The molecule has 0 fully saturated rings. The molecule has 0 amide bonds. The monoisotopic (exact) mass is 123 g/mol. The van der Waals surface area contributed by atoms with Crippen LogP contribution in [0.1, 0.15) is 27.2 Å². The van der Waals surface area contributed by atoms with Crippen molar-refractivity contribution in [2.24, 2.45) is 10.4 Å². The third-order valence-corrected chi connectivity index (χ3v) is 1.84. The summed E-state index contributed by atoms with van der Waals surface area (Å²) in [6.45, 7) is 6.56. The minimum atomic E-state index is 0.231. The van der Waals surface area contributed by atoms with Gasteiger partial charge in [0, 0.05) is 17.8 Å². The Labute approximate surface area is 56.5 Å². The summed E-state index contributed by atoms with van der Waals surface area (Å²) in [5, 5.41) is 0. The predicted octanol–water partition coefficient (Wildman–Crippen LogP) is 2.39. The topological polar surface area (TPSA) is 12.4 Å². The smallest absolute Gasteiger partial charge is 0.0265 e. The zero-order valence-electron chi connectivity index (χ0n) is 6.31. The SMILES string of the molecule is CCC1=CN=CC1(C)C. The number of hydrogen-bond acceptors (Lipinski definition) is 1. The molecular formula is C8H13N. The lowest BCUT2D eigenvalue weighted by molar-refractivity contribution is 0.629. The van der Waals surface area contributed by atoms with E-state index in [2.05, 4.69) is 25.8 Å². The largest absolute Gasteiger partial charge is 0.268 e. The van der Waals surface area contributed by atoms with Crippen LogP contribution < -0.4 is 0 Å². The van der Waals surface area contributed by atoms with Crippen LogP contribution in [0.5, 0.6) is 0 Å². The van der Waals surface area contributed by atoms with Crippen LogP contribution in [0.2, 0.25) is 0 Å². The zero-order chi connectivity index (χ0) is 6.91. The summed E-state index contributed by atoms with van der Waals surface area (Å²) >= 11 is 0. The highest BCUT2D eigenvalue weighted by Crippen LogP contribution is 2.30. The molecule has 1 nitrogen and oxygen atoms in total. The highest BCUT2D eigenvalue weighted by Gasteiger charge is 2.22. The molecule has 0 saturated carbocycles. The lowest BCUT2D eigenvalue weighted by Crippen LogP contribution is -2.11. The number of rotatable bonds is 1. The second-order valence-electron chi connectivity index (χ2n) is 3.01. The molecule has 0 unspecified atom stereocenters. The van der Waals surface area contributed by atoms with Crippen LogP contribution in [0.3, 0.4) is 0 Å². The molecule has 0 N–H and O–H groups in total. The van der Waals surface area contributed by atoms with Gasteiger partial charge in [0.25, 0.3) is 0 Å². The van der Waals surface area contributed by atoms with E-state index in [0.717, 1.165) is 6.42 Å². The zero-order valence-corrected chi connectivity index (χ0v) is 6.31. The van der Waals surface area contributed by atoms with Gasteiger partial charge in [-0.2, -0.15) is 0 Å². The lowest BCUT2D eigenvalue weighted by atomic mass is 9.86. The first-order valence-electron chi connectivity index (χ1n) is 3.40. The average Bonchev–Trinajstić information content (AvgIpc) is 2.08. The molecule has 0 saturated heterocycles. The van der Waals surface area contributed by atoms with Gasteiger partial charge in [0.2, 0.25) is 0 Å². The molecule has 0 radical (unpaired) electrons. The molecule has 0 bridgehead atoms. The van der Waals surface area contributed by atoms with Crippen LogP contribution in [0.15, 0.2) is 16.8 Å². The van der Waals surface area contributed by atoms with E-state index in [1.165, 1.54) is 5.57 Å². The van der Waals surface area contributed by atoms with Crippen LogP contribution in [0.4, 0.5) is 0 Å². The van der Waals surface area contributed by atoms with Gasteiger partial charge < -0.3 is 0 Å². The van der Waals surface area contributed by atoms with Crippen molar-refractivity contribution < 1.29 is 0 Å². The Morgan fingerprint density at radius 3 is 2.44 bits per heavy atom. The molecule has 0 atom stereocenters. The maximum Gasteiger partial charge on any atom is 0.0265 e. The van der Waals surface area contributed by atoms with Crippen molar-refractivity contribution in [3.8, 4) is 0 Å². The van der Waals surface area contributed by atoms with Crippen molar-refractivity contribution in [3.05, 3.63) is 11.8 Å². The van der Waals surface area contributed by atoms with E-state index in [1.54, 1.807) is 0 Å². The Balaban J connectivity index is 2.78.